The van der Waals surface area contributed by atoms with Gasteiger partial charge in [0.05, 0.1) is 13.0 Å². The van der Waals surface area contributed by atoms with Crippen molar-refractivity contribution < 1.29 is 23.6 Å². The minimum absolute atomic E-state index is 0.00576. The van der Waals surface area contributed by atoms with E-state index in [1.165, 1.54) is 14.0 Å². The summed E-state index contributed by atoms with van der Waals surface area (Å²) < 4.78 is 16.2. The maximum absolute atomic E-state index is 11.5. The Morgan fingerprint density at radius 2 is 2.12 bits per heavy atom. The van der Waals surface area contributed by atoms with Gasteiger partial charge in [-0.1, -0.05) is 0 Å². The molecular weight excluding hydrogens is 234 g/mol. The fourth-order valence-corrected chi connectivity index (χ4v) is 1.96. The molecule has 0 saturated carbocycles. The van der Waals surface area contributed by atoms with Gasteiger partial charge in [-0.25, -0.2) is 0 Å². The van der Waals surface area contributed by atoms with Crippen molar-refractivity contribution in [3.63, 3.8) is 0 Å². The SMILES string of the molecule is COCCNC(=O)C(C)S(=O)CCC(=O)O. The Labute approximate surface area is 96.8 Å². The molecule has 0 aromatic heterocycles. The molecule has 0 saturated heterocycles. The van der Waals surface area contributed by atoms with Crippen molar-refractivity contribution in [2.75, 3.05) is 26.0 Å². The zero-order chi connectivity index (χ0) is 12.6. The summed E-state index contributed by atoms with van der Waals surface area (Å²) in [6.07, 6.45) is -0.192. The summed E-state index contributed by atoms with van der Waals surface area (Å²) in [4.78, 5) is 21.7. The predicted octanol–water partition coefficient (Wildman–Crippen LogP) is -0.639. The third-order valence-corrected chi connectivity index (χ3v) is 3.50. The van der Waals surface area contributed by atoms with Gasteiger partial charge in [-0.05, 0) is 6.92 Å². The van der Waals surface area contributed by atoms with E-state index in [4.69, 9.17) is 9.84 Å². The van der Waals surface area contributed by atoms with E-state index in [2.05, 4.69) is 5.32 Å². The lowest BCUT2D eigenvalue weighted by molar-refractivity contribution is -0.136. The second kappa shape index (κ2) is 8.23. The average molecular weight is 251 g/mol. The topological polar surface area (TPSA) is 92.7 Å². The molecule has 6 nitrogen and oxygen atoms in total. The summed E-state index contributed by atoms with van der Waals surface area (Å²) in [5, 5.41) is 10.3. The van der Waals surface area contributed by atoms with Crippen LogP contribution >= 0.6 is 0 Å². The van der Waals surface area contributed by atoms with E-state index in [-0.39, 0.29) is 18.1 Å². The highest BCUT2D eigenvalue weighted by Gasteiger charge is 2.19. The van der Waals surface area contributed by atoms with Gasteiger partial charge in [-0.3, -0.25) is 13.8 Å². The Balaban J connectivity index is 3.92. The molecule has 0 aliphatic heterocycles. The van der Waals surface area contributed by atoms with Gasteiger partial charge in [0.1, 0.15) is 5.25 Å². The molecule has 0 aliphatic carbocycles. The number of carboxylic acid groups (broad SMARTS) is 1. The summed E-state index contributed by atoms with van der Waals surface area (Å²) in [6, 6.07) is 0. The van der Waals surface area contributed by atoms with Gasteiger partial charge in [0.2, 0.25) is 5.91 Å². The molecule has 0 bridgehead atoms. The Hall–Kier alpha value is -0.950. The number of nitrogens with one attached hydrogen (secondary N) is 1. The molecule has 0 rings (SSSR count). The molecule has 94 valence electrons. The number of rotatable bonds is 8. The Morgan fingerprint density at radius 1 is 1.50 bits per heavy atom. The highest BCUT2D eigenvalue weighted by Crippen LogP contribution is 1.98. The van der Waals surface area contributed by atoms with Crippen LogP contribution in [-0.4, -0.2) is 52.5 Å². The molecular formula is C9H17NO5S. The largest absolute Gasteiger partial charge is 0.481 e. The molecule has 0 aromatic carbocycles. The first-order valence-electron chi connectivity index (χ1n) is 4.84. The van der Waals surface area contributed by atoms with Crippen molar-refractivity contribution in [3.05, 3.63) is 0 Å². The maximum atomic E-state index is 11.5. The monoisotopic (exact) mass is 251 g/mol. The van der Waals surface area contributed by atoms with Gasteiger partial charge in [-0.15, -0.1) is 0 Å². The number of ether oxygens (including phenoxy) is 1. The van der Waals surface area contributed by atoms with Crippen LogP contribution in [0.1, 0.15) is 13.3 Å². The number of carboxylic acids is 1. The standard InChI is InChI=1S/C9H17NO5S/c1-7(9(13)10-4-5-15-2)16(14)6-3-8(11)12/h7H,3-6H2,1-2H3,(H,10,13)(H,11,12). The quantitative estimate of drug-likeness (QED) is 0.560. The first-order chi connectivity index (χ1) is 7.49. The van der Waals surface area contributed by atoms with Crippen LogP contribution in [0.25, 0.3) is 0 Å². The Morgan fingerprint density at radius 3 is 2.62 bits per heavy atom. The number of amides is 1. The lowest BCUT2D eigenvalue weighted by Gasteiger charge is -2.11. The lowest BCUT2D eigenvalue weighted by atomic mass is 10.4. The summed E-state index contributed by atoms with van der Waals surface area (Å²) in [5.41, 5.74) is 0. The van der Waals surface area contributed by atoms with E-state index < -0.39 is 22.0 Å². The van der Waals surface area contributed by atoms with Crippen LogP contribution in [-0.2, 0) is 25.1 Å². The van der Waals surface area contributed by atoms with Crippen molar-refractivity contribution in [1.82, 2.24) is 5.32 Å². The van der Waals surface area contributed by atoms with Gasteiger partial charge < -0.3 is 15.2 Å². The molecule has 2 atom stereocenters. The van der Waals surface area contributed by atoms with Crippen molar-refractivity contribution in [2.24, 2.45) is 0 Å². The van der Waals surface area contributed by atoms with Crippen molar-refractivity contribution in [1.29, 1.82) is 0 Å². The zero-order valence-corrected chi connectivity index (χ0v) is 10.2. The first kappa shape index (κ1) is 15.0. The lowest BCUT2D eigenvalue weighted by Crippen LogP contribution is -2.38. The minimum atomic E-state index is -1.45. The Kier molecular flexibility index (Phi) is 7.74. The first-order valence-corrected chi connectivity index (χ1v) is 6.23. The molecule has 0 aliphatic rings. The number of hydrogen-bond acceptors (Lipinski definition) is 4. The van der Waals surface area contributed by atoms with Crippen molar-refractivity contribution in [3.8, 4) is 0 Å². The van der Waals surface area contributed by atoms with Crippen LogP contribution in [0.4, 0.5) is 0 Å². The zero-order valence-electron chi connectivity index (χ0n) is 9.39. The van der Waals surface area contributed by atoms with Crippen LogP contribution in [0.2, 0.25) is 0 Å². The second-order valence-electron chi connectivity index (χ2n) is 3.15. The van der Waals surface area contributed by atoms with Crippen molar-refractivity contribution >= 4 is 22.7 Å². The third kappa shape index (κ3) is 6.52. The van der Waals surface area contributed by atoms with Crippen LogP contribution < -0.4 is 5.32 Å². The van der Waals surface area contributed by atoms with Gasteiger partial charge >= 0.3 is 5.97 Å². The molecule has 7 heteroatoms. The maximum Gasteiger partial charge on any atom is 0.304 e. The summed E-state index contributed by atoms with van der Waals surface area (Å²) >= 11 is 0. The average Bonchev–Trinajstić information content (AvgIpc) is 2.24. The molecule has 2 unspecified atom stereocenters. The third-order valence-electron chi connectivity index (χ3n) is 1.89. The van der Waals surface area contributed by atoms with E-state index in [1.54, 1.807) is 0 Å². The fourth-order valence-electron chi connectivity index (χ4n) is 0.904. The van der Waals surface area contributed by atoms with Gasteiger partial charge in [-0.2, -0.15) is 0 Å². The number of aliphatic carboxylic acids is 1. The molecule has 1 amide bonds. The molecule has 2 N–H and O–H groups in total. The minimum Gasteiger partial charge on any atom is -0.481 e. The van der Waals surface area contributed by atoms with E-state index in [1.807, 2.05) is 0 Å². The Bertz CT molecular complexity index is 269. The molecule has 0 aromatic rings. The smallest absolute Gasteiger partial charge is 0.304 e. The summed E-state index contributed by atoms with van der Waals surface area (Å²) in [5.74, 6) is -1.37. The van der Waals surface area contributed by atoms with Gasteiger partial charge in [0.25, 0.3) is 0 Å². The van der Waals surface area contributed by atoms with E-state index in [0.29, 0.717) is 13.2 Å². The molecule has 0 fully saturated rings. The second-order valence-corrected chi connectivity index (χ2v) is 5.03. The number of carbonyl (C=O) groups excluding carboxylic acids is 1. The molecule has 16 heavy (non-hydrogen) atoms. The highest BCUT2D eigenvalue weighted by molar-refractivity contribution is 7.86. The van der Waals surface area contributed by atoms with Crippen LogP contribution in [0, 0.1) is 0 Å². The number of methoxy groups -OCH3 is 1. The predicted molar refractivity (Wildman–Crippen MR) is 59.6 cm³/mol. The molecule has 0 heterocycles. The van der Waals surface area contributed by atoms with Crippen molar-refractivity contribution in [2.45, 2.75) is 18.6 Å². The normalized spacial score (nSPS) is 14.1. The van der Waals surface area contributed by atoms with E-state index in [9.17, 15) is 13.8 Å². The van der Waals surface area contributed by atoms with Crippen LogP contribution in [0.5, 0.6) is 0 Å². The number of carbonyl (C=O) groups is 2. The van der Waals surface area contributed by atoms with E-state index in [0.717, 1.165) is 0 Å². The molecule has 0 spiro atoms. The number of hydrogen-bond donors (Lipinski definition) is 2. The molecule has 0 radical (unpaired) electrons. The van der Waals surface area contributed by atoms with Gasteiger partial charge in [0.15, 0.2) is 0 Å². The van der Waals surface area contributed by atoms with E-state index >= 15 is 0 Å². The fraction of sp³-hybridized carbons (Fsp3) is 0.778. The van der Waals surface area contributed by atoms with Gasteiger partial charge in [0, 0.05) is 30.2 Å². The summed E-state index contributed by atoms with van der Waals surface area (Å²) in [7, 11) is 0.0599. The van der Waals surface area contributed by atoms with Crippen LogP contribution in [0.15, 0.2) is 0 Å². The highest BCUT2D eigenvalue weighted by atomic mass is 32.2. The summed E-state index contributed by atoms with van der Waals surface area (Å²) in [6.45, 7) is 2.26. The van der Waals surface area contributed by atoms with Crippen LogP contribution in [0.3, 0.4) is 0 Å².